The van der Waals surface area contributed by atoms with Crippen molar-refractivity contribution >= 4 is 22.6 Å². The zero-order valence-corrected chi connectivity index (χ0v) is 23.6. The van der Waals surface area contributed by atoms with E-state index in [1.165, 1.54) is 0 Å². The van der Waals surface area contributed by atoms with Crippen LogP contribution in [0.1, 0.15) is 95.4 Å². The van der Waals surface area contributed by atoms with Crippen molar-refractivity contribution in [1.82, 2.24) is 0 Å². The SMILES string of the molecule is CC1(C)OB(C(CCCCO[Si](C)(C)C(C)(C)C)B2OC(C)(C)C(C)(C)O2)OC1(C)C. The quantitative estimate of drug-likeness (QED) is 0.320. The minimum absolute atomic E-state index is 0.00923. The van der Waals surface area contributed by atoms with E-state index in [9.17, 15) is 0 Å². The maximum atomic E-state index is 6.42. The van der Waals surface area contributed by atoms with Crippen molar-refractivity contribution in [2.45, 2.75) is 142 Å². The molecule has 180 valence electrons. The molecule has 0 aliphatic carbocycles. The van der Waals surface area contributed by atoms with Gasteiger partial charge in [0.2, 0.25) is 0 Å². The van der Waals surface area contributed by atoms with Crippen molar-refractivity contribution in [2.24, 2.45) is 0 Å². The van der Waals surface area contributed by atoms with Crippen molar-refractivity contribution < 1.29 is 23.0 Å². The van der Waals surface area contributed by atoms with Crippen molar-refractivity contribution in [3.05, 3.63) is 0 Å². The first-order valence-electron chi connectivity index (χ1n) is 12.1. The van der Waals surface area contributed by atoms with Gasteiger partial charge in [-0.15, -0.1) is 0 Å². The number of rotatable bonds is 8. The summed E-state index contributed by atoms with van der Waals surface area (Å²) in [6.45, 7) is 29.1. The maximum Gasteiger partial charge on any atom is 0.458 e. The second kappa shape index (κ2) is 8.74. The zero-order valence-electron chi connectivity index (χ0n) is 22.6. The first-order valence-corrected chi connectivity index (χ1v) is 15.0. The minimum Gasteiger partial charge on any atom is -0.417 e. The molecule has 2 aliphatic rings. The summed E-state index contributed by atoms with van der Waals surface area (Å²) in [4.78, 5) is 0. The molecule has 0 unspecified atom stereocenters. The third-order valence-electron chi connectivity index (χ3n) is 8.44. The standard InChI is InChI=1S/C23H48B2O5Si/c1-19(2,3)31(12,13)26-17-15-14-16-18(24-27-20(4,5)21(6,7)28-24)25-29-22(8,9)23(10,11)30-25/h18H,14-17H2,1-13H3. The average Bonchev–Trinajstić information content (AvgIpc) is 2.88. The van der Waals surface area contributed by atoms with Crippen LogP contribution in [-0.4, -0.2) is 51.6 Å². The predicted octanol–water partition coefficient (Wildman–Crippen LogP) is 6.27. The topological polar surface area (TPSA) is 46.2 Å². The summed E-state index contributed by atoms with van der Waals surface area (Å²) in [5.74, 6) is 0. The molecule has 0 aromatic rings. The van der Waals surface area contributed by atoms with Crippen LogP contribution in [-0.2, 0) is 23.0 Å². The molecule has 0 N–H and O–H groups in total. The van der Waals surface area contributed by atoms with Gasteiger partial charge in [0.25, 0.3) is 0 Å². The van der Waals surface area contributed by atoms with E-state index < -0.39 is 8.32 Å². The number of unbranched alkanes of at least 4 members (excludes halogenated alkanes) is 1. The normalized spacial score (nSPS) is 25.0. The van der Waals surface area contributed by atoms with E-state index in [1.54, 1.807) is 0 Å². The lowest BCUT2D eigenvalue weighted by atomic mass is 9.50. The second-order valence-electron chi connectivity index (χ2n) is 13.0. The van der Waals surface area contributed by atoms with Crippen molar-refractivity contribution in [3.8, 4) is 0 Å². The molecule has 2 aliphatic heterocycles. The van der Waals surface area contributed by atoms with E-state index in [-0.39, 0.29) is 47.4 Å². The smallest absolute Gasteiger partial charge is 0.417 e. The number of hydrogen-bond donors (Lipinski definition) is 0. The molecule has 0 amide bonds. The van der Waals surface area contributed by atoms with Crippen LogP contribution < -0.4 is 0 Å². The Labute approximate surface area is 194 Å². The summed E-state index contributed by atoms with van der Waals surface area (Å²) >= 11 is 0. The van der Waals surface area contributed by atoms with Gasteiger partial charge in [0.1, 0.15) is 0 Å². The highest BCUT2D eigenvalue weighted by molar-refractivity contribution is 6.74. The van der Waals surface area contributed by atoms with E-state index in [2.05, 4.69) is 89.3 Å². The van der Waals surface area contributed by atoms with Gasteiger partial charge in [0, 0.05) is 12.3 Å². The lowest BCUT2D eigenvalue weighted by molar-refractivity contribution is 0.00578. The Morgan fingerprint density at radius 1 is 0.710 bits per heavy atom. The Balaban J connectivity index is 2.05. The van der Waals surface area contributed by atoms with Gasteiger partial charge in [-0.2, -0.15) is 0 Å². The van der Waals surface area contributed by atoms with Crippen molar-refractivity contribution in [3.63, 3.8) is 0 Å². The summed E-state index contributed by atoms with van der Waals surface area (Å²) in [5, 5.41) is 0.237. The molecule has 0 aromatic carbocycles. The Bertz CT molecular complexity index is 560. The third-order valence-corrected chi connectivity index (χ3v) is 13.0. The third kappa shape index (κ3) is 5.80. The first-order chi connectivity index (χ1) is 13.7. The monoisotopic (exact) mass is 454 g/mol. The summed E-state index contributed by atoms with van der Waals surface area (Å²) in [5.41, 5.74) is -1.47. The fourth-order valence-electron chi connectivity index (χ4n) is 3.55. The molecular weight excluding hydrogens is 406 g/mol. The molecule has 0 bridgehead atoms. The van der Waals surface area contributed by atoms with E-state index in [4.69, 9.17) is 23.0 Å². The fraction of sp³-hybridized carbons (Fsp3) is 1.00. The van der Waals surface area contributed by atoms with Gasteiger partial charge in [-0.25, -0.2) is 0 Å². The predicted molar refractivity (Wildman–Crippen MR) is 133 cm³/mol. The van der Waals surface area contributed by atoms with Crippen molar-refractivity contribution in [1.29, 1.82) is 0 Å². The van der Waals surface area contributed by atoms with E-state index >= 15 is 0 Å². The summed E-state index contributed by atoms with van der Waals surface area (Å²) in [7, 11) is -2.40. The van der Waals surface area contributed by atoms with Gasteiger partial charge in [-0.3, -0.25) is 0 Å². The molecule has 0 radical (unpaired) electrons. The molecular formula is C23H48B2O5Si. The van der Waals surface area contributed by atoms with Crippen LogP contribution >= 0.6 is 0 Å². The highest BCUT2D eigenvalue weighted by Gasteiger charge is 2.61. The Kier molecular flexibility index (Phi) is 7.72. The lowest BCUT2D eigenvalue weighted by Crippen LogP contribution is -2.41. The van der Waals surface area contributed by atoms with Gasteiger partial charge in [-0.05, 0) is 79.9 Å². The first kappa shape index (κ1) is 27.4. The molecule has 0 saturated carbocycles. The zero-order chi connectivity index (χ0) is 24.1. The van der Waals surface area contributed by atoms with Crippen LogP contribution in [0.4, 0.5) is 0 Å². The van der Waals surface area contributed by atoms with Crippen LogP contribution in [0.25, 0.3) is 0 Å². The molecule has 31 heavy (non-hydrogen) atoms. The second-order valence-corrected chi connectivity index (χ2v) is 17.8. The lowest BCUT2D eigenvalue weighted by Gasteiger charge is -2.36. The molecule has 5 nitrogen and oxygen atoms in total. The molecule has 0 spiro atoms. The van der Waals surface area contributed by atoms with Crippen LogP contribution in [0, 0.1) is 0 Å². The van der Waals surface area contributed by atoms with Crippen LogP contribution in [0.2, 0.25) is 23.8 Å². The highest BCUT2D eigenvalue weighted by atomic mass is 28.4. The molecule has 8 heteroatoms. The van der Waals surface area contributed by atoms with E-state index in [1.807, 2.05) is 0 Å². The Hall–Kier alpha value is 0.147. The molecule has 2 saturated heterocycles. The van der Waals surface area contributed by atoms with Crippen LogP contribution in [0.5, 0.6) is 0 Å². The molecule has 0 atom stereocenters. The van der Waals surface area contributed by atoms with Gasteiger partial charge in [0.15, 0.2) is 8.32 Å². The molecule has 0 aromatic heterocycles. The summed E-state index contributed by atoms with van der Waals surface area (Å²) in [6, 6.07) is 0. The van der Waals surface area contributed by atoms with E-state index in [0.29, 0.717) is 0 Å². The van der Waals surface area contributed by atoms with E-state index in [0.717, 1.165) is 25.9 Å². The van der Waals surface area contributed by atoms with Gasteiger partial charge in [0.05, 0.1) is 22.4 Å². The van der Waals surface area contributed by atoms with Crippen LogP contribution in [0.15, 0.2) is 0 Å². The fourth-order valence-corrected chi connectivity index (χ4v) is 4.64. The highest BCUT2D eigenvalue weighted by Crippen LogP contribution is 2.46. The van der Waals surface area contributed by atoms with Gasteiger partial charge in [-0.1, -0.05) is 33.6 Å². The molecule has 2 rings (SSSR count). The number of hydrogen-bond acceptors (Lipinski definition) is 5. The van der Waals surface area contributed by atoms with Crippen LogP contribution in [0.3, 0.4) is 0 Å². The maximum absolute atomic E-state index is 6.42. The largest absolute Gasteiger partial charge is 0.458 e. The molecule has 2 heterocycles. The Morgan fingerprint density at radius 2 is 1.06 bits per heavy atom. The minimum atomic E-state index is -1.71. The van der Waals surface area contributed by atoms with Gasteiger partial charge < -0.3 is 23.0 Å². The molecule has 2 fully saturated rings. The average molecular weight is 454 g/mol. The summed E-state index contributed by atoms with van der Waals surface area (Å²) in [6.07, 6.45) is 2.95. The van der Waals surface area contributed by atoms with Crippen molar-refractivity contribution in [2.75, 3.05) is 6.61 Å². The Morgan fingerprint density at radius 3 is 1.39 bits per heavy atom. The summed E-state index contributed by atoms with van der Waals surface area (Å²) < 4.78 is 32.1. The van der Waals surface area contributed by atoms with Gasteiger partial charge >= 0.3 is 14.2 Å².